The first-order valence-electron chi connectivity index (χ1n) is 6.10. The molecule has 0 aliphatic rings. The molecular formula is C15H16N2O3. The molecule has 104 valence electrons. The van der Waals surface area contributed by atoms with E-state index in [1.165, 1.54) is 7.11 Å². The van der Waals surface area contributed by atoms with Gasteiger partial charge in [-0.25, -0.2) is 5.84 Å². The average Bonchev–Trinajstić information content (AvgIpc) is 2.53. The minimum Gasteiger partial charge on any atom is -0.493 e. The van der Waals surface area contributed by atoms with E-state index in [1.807, 2.05) is 30.3 Å². The number of benzene rings is 2. The van der Waals surface area contributed by atoms with E-state index in [4.69, 9.17) is 15.3 Å². The molecule has 1 amide bonds. The van der Waals surface area contributed by atoms with Gasteiger partial charge >= 0.3 is 0 Å². The molecule has 0 bridgehead atoms. The van der Waals surface area contributed by atoms with Gasteiger partial charge in [-0.15, -0.1) is 0 Å². The molecule has 0 aliphatic heterocycles. The van der Waals surface area contributed by atoms with Crippen LogP contribution in [0.4, 0.5) is 0 Å². The van der Waals surface area contributed by atoms with E-state index in [-0.39, 0.29) is 5.91 Å². The number of rotatable bonds is 5. The van der Waals surface area contributed by atoms with Crippen molar-refractivity contribution < 1.29 is 14.3 Å². The van der Waals surface area contributed by atoms with Crippen molar-refractivity contribution in [3.63, 3.8) is 0 Å². The monoisotopic (exact) mass is 272 g/mol. The second kappa shape index (κ2) is 6.58. The highest BCUT2D eigenvalue weighted by Crippen LogP contribution is 2.28. The molecule has 2 rings (SSSR count). The lowest BCUT2D eigenvalue weighted by molar-refractivity contribution is 0.0953. The number of nitrogen functional groups attached to an aromatic ring is 1. The fourth-order valence-corrected chi connectivity index (χ4v) is 1.75. The molecule has 0 aliphatic carbocycles. The number of carbonyl (C=O) groups excluding carboxylic acids is 1. The zero-order chi connectivity index (χ0) is 14.4. The lowest BCUT2D eigenvalue weighted by Gasteiger charge is -2.11. The average molecular weight is 272 g/mol. The third-order valence-corrected chi connectivity index (χ3v) is 2.79. The van der Waals surface area contributed by atoms with Crippen LogP contribution in [0.5, 0.6) is 11.5 Å². The highest BCUT2D eigenvalue weighted by molar-refractivity contribution is 5.94. The Labute approximate surface area is 117 Å². The number of ether oxygens (including phenoxy) is 2. The summed E-state index contributed by atoms with van der Waals surface area (Å²) >= 11 is 0. The van der Waals surface area contributed by atoms with Crippen LogP contribution in [0.25, 0.3) is 0 Å². The Hall–Kier alpha value is -2.53. The van der Waals surface area contributed by atoms with E-state index in [2.05, 4.69) is 5.43 Å². The molecule has 0 spiro atoms. The molecule has 0 aromatic heterocycles. The molecule has 0 heterocycles. The minimum atomic E-state index is -0.377. The Bertz CT molecular complexity index is 585. The van der Waals surface area contributed by atoms with Crippen molar-refractivity contribution in [3.05, 3.63) is 59.7 Å². The van der Waals surface area contributed by atoms with Gasteiger partial charge in [-0.2, -0.15) is 0 Å². The maximum Gasteiger partial charge on any atom is 0.265 e. The summed E-state index contributed by atoms with van der Waals surface area (Å²) in [6, 6.07) is 14.7. The van der Waals surface area contributed by atoms with Crippen molar-refractivity contribution in [1.82, 2.24) is 5.43 Å². The van der Waals surface area contributed by atoms with Crippen LogP contribution in [0.3, 0.4) is 0 Å². The Morgan fingerprint density at radius 1 is 1.15 bits per heavy atom. The molecular weight excluding hydrogens is 256 g/mol. The van der Waals surface area contributed by atoms with Crippen LogP contribution in [0.2, 0.25) is 0 Å². The van der Waals surface area contributed by atoms with E-state index >= 15 is 0 Å². The number of nitrogens with two attached hydrogens (primary N) is 1. The summed E-state index contributed by atoms with van der Waals surface area (Å²) in [6.45, 7) is 0.430. The molecule has 2 aromatic rings. The second-order valence-electron chi connectivity index (χ2n) is 4.11. The predicted octanol–water partition coefficient (Wildman–Crippen LogP) is 1.88. The molecule has 3 N–H and O–H groups in total. The number of methoxy groups -OCH3 is 1. The molecule has 0 unspecified atom stereocenters. The van der Waals surface area contributed by atoms with E-state index < -0.39 is 0 Å². The van der Waals surface area contributed by atoms with Crippen LogP contribution in [0, 0.1) is 0 Å². The Morgan fingerprint density at radius 2 is 1.90 bits per heavy atom. The molecule has 0 saturated heterocycles. The third kappa shape index (κ3) is 3.27. The van der Waals surface area contributed by atoms with Gasteiger partial charge in [-0.1, -0.05) is 30.3 Å². The first kappa shape index (κ1) is 13.9. The molecule has 0 fully saturated rings. The number of hydrogen-bond donors (Lipinski definition) is 2. The van der Waals surface area contributed by atoms with E-state index in [9.17, 15) is 4.79 Å². The first-order chi connectivity index (χ1) is 9.74. The number of nitrogens with one attached hydrogen (secondary N) is 1. The van der Waals surface area contributed by atoms with Crippen LogP contribution in [0.1, 0.15) is 15.9 Å². The highest BCUT2D eigenvalue weighted by Gasteiger charge is 2.10. The third-order valence-electron chi connectivity index (χ3n) is 2.79. The van der Waals surface area contributed by atoms with Gasteiger partial charge in [0.1, 0.15) is 6.61 Å². The normalized spacial score (nSPS) is 9.90. The zero-order valence-electron chi connectivity index (χ0n) is 11.1. The van der Waals surface area contributed by atoms with Crippen LogP contribution in [-0.4, -0.2) is 13.0 Å². The van der Waals surface area contributed by atoms with Gasteiger partial charge in [0.15, 0.2) is 11.5 Å². The standard InChI is InChI=1S/C15H16N2O3/c1-19-14-9-12(15(18)17-16)7-8-13(14)20-10-11-5-3-2-4-6-11/h2-9H,10,16H2,1H3,(H,17,18). The van der Waals surface area contributed by atoms with Gasteiger partial charge in [-0.05, 0) is 23.8 Å². The van der Waals surface area contributed by atoms with E-state index in [1.54, 1.807) is 18.2 Å². The summed E-state index contributed by atoms with van der Waals surface area (Å²) in [7, 11) is 1.52. The lowest BCUT2D eigenvalue weighted by Crippen LogP contribution is -2.29. The molecule has 0 atom stereocenters. The predicted molar refractivity (Wildman–Crippen MR) is 75.4 cm³/mol. The van der Waals surface area contributed by atoms with Gasteiger partial charge in [-0.3, -0.25) is 10.2 Å². The Balaban J connectivity index is 2.13. The fourth-order valence-electron chi connectivity index (χ4n) is 1.75. The van der Waals surface area contributed by atoms with Crippen molar-refractivity contribution in [2.75, 3.05) is 7.11 Å². The molecule has 5 heteroatoms. The molecule has 5 nitrogen and oxygen atoms in total. The van der Waals surface area contributed by atoms with Crippen molar-refractivity contribution in [3.8, 4) is 11.5 Å². The fraction of sp³-hybridized carbons (Fsp3) is 0.133. The van der Waals surface area contributed by atoms with Crippen molar-refractivity contribution in [2.45, 2.75) is 6.61 Å². The van der Waals surface area contributed by atoms with Crippen molar-refractivity contribution in [1.29, 1.82) is 0 Å². The van der Waals surface area contributed by atoms with E-state index in [0.29, 0.717) is 23.7 Å². The zero-order valence-corrected chi connectivity index (χ0v) is 11.1. The largest absolute Gasteiger partial charge is 0.493 e. The maximum atomic E-state index is 11.4. The second-order valence-corrected chi connectivity index (χ2v) is 4.11. The summed E-state index contributed by atoms with van der Waals surface area (Å²) in [5, 5.41) is 0. The Morgan fingerprint density at radius 3 is 2.55 bits per heavy atom. The van der Waals surface area contributed by atoms with Crippen LogP contribution in [-0.2, 0) is 6.61 Å². The summed E-state index contributed by atoms with van der Waals surface area (Å²) in [5.74, 6) is 5.78. The van der Waals surface area contributed by atoms with Gasteiger partial charge in [0.25, 0.3) is 5.91 Å². The number of hydrogen-bond acceptors (Lipinski definition) is 4. The summed E-state index contributed by atoms with van der Waals surface area (Å²) < 4.78 is 10.9. The minimum absolute atomic E-state index is 0.377. The topological polar surface area (TPSA) is 73.6 Å². The van der Waals surface area contributed by atoms with E-state index in [0.717, 1.165) is 5.56 Å². The summed E-state index contributed by atoms with van der Waals surface area (Å²) in [6.07, 6.45) is 0. The molecule has 0 radical (unpaired) electrons. The molecule has 20 heavy (non-hydrogen) atoms. The van der Waals surface area contributed by atoms with Crippen LogP contribution < -0.4 is 20.7 Å². The van der Waals surface area contributed by atoms with Crippen molar-refractivity contribution >= 4 is 5.91 Å². The number of amides is 1. The maximum absolute atomic E-state index is 11.4. The molecule has 0 saturated carbocycles. The van der Waals surface area contributed by atoms with Gasteiger partial charge in [0, 0.05) is 5.56 Å². The highest BCUT2D eigenvalue weighted by atomic mass is 16.5. The molecule has 2 aromatic carbocycles. The summed E-state index contributed by atoms with van der Waals surface area (Å²) in [5.41, 5.74) is 3.54. The number of carbonyl (C=O) groups is 1. The van der Waals surface area contributed by atoms with Gasteiger partial charge < -0.3 is 9.47 Å². The lowest BCUT2D eigenvalue weighted by atomic mass is 10.2. The first-order valence-corrected chi connectivity index (χ1v) is 6.10. The number of hydrazine groups is 1. The quantitative estimate of drug-likeness (QED) is 0.495. The van der Waals surface area contributed by atoms with Crippen LogP contribution in [0.15, 0.2) is 48.5 Å². The van der Waals surface area contributed by atoms with Gasteiger partial charge in [0.2, 0.25) is 0 Å². The van der Waals surface area contributed by atoms with Crippen molar-refractivity contribution in [2.24, 2.45) is 5.84 Å². The van der Waals surface area contributed by atoms with Crippen LogP contribution >= 0.6 is 0 Å². The smallest absolute Gasteiger partial charge is 0.265 e. The van der Waals surface area contributed by atoms with Gasteiger partial charge in [0.05, 0.1) is 7.11 Å². The summed E-state index contributed by atoms with van der Waals surface area (Å²) in [4.78, 5) is 11.4. The Kier molecular flexibility index (Phi) is 4.57. The SMILES string of the molecule is COc1cc(C(=O)NN)ccc1OCc1ccccc1.